The van der Waals surface area contributed by atoms with Gasteiger partial charge < -0.3 is 9.64 Å². The van der Waals surface area contributed by atoms with Gasteiger partial charge >= 0.3 is 0 Å². The smallest absolute Gasteiger partial charge is 0.227 e. The number of halogens is 1. The summed E-state index contributed by atoms with van der Waals surface area (Å²) < 4.78 is 19.0. The summed E-state index contributed by atoms with van der Waals surface area (Å²) in [5.74, 6) is 0.0867. The normalized spacial score (nSPS) is 23.4. The molecule has 1 aromatic rings. The van der Waals surface area contributed by atoms with Crippen molar-refractivity contribution in [3.05, 3.63) is 24.0 Å². The number of nitrogens with zero attached hydrogens (tertiary/aromatic N) is 1. The monoisotopic (exact) mass is 207 g/mol. The lowest BCUT2D eigenvalue weighted by Gasteiger charge is -2.31. The van der Waals surface area contributed by atoms with Gasteiger partial charge in [-0.3, -0.25) is 4.79 Å². The molecule has 3 rings (SSSR count). The molecular formula is C11H10FNO2. The number of ether oxygens (including phenoxy) is 1. The Morgan fingerprint density at radius 2 is 2.33 bits per heavy atom. The molecule has 1 atom stereocenters. The highest BCUT2D eigenvalue weighted by Gasteiger charge is 2.38. The van der Waals surface area contributed by atoms with Crippen molar-refractivity contribution in [3.8, 4) is 5.75 Å². The molecule has 1 unspecified atom stereocenters. The maximum absolute atomic E-state index is 13.6. The van der Waals surface area contributed by atoms with Gasteiger partial charge in [-0.05, 0) is 18.6 Å². The molecule has 1 fully saturated rings. The molecule has 0 bridgehead atoms. The second-order valence-electron chi connectivity index (χ2n) is 3.85. The lowest BCUT2D eigenvalue weighted by atomic mass is 10.1. The minimum absolute atomic E-state index is 0.00495. The molecule has 2 aliphatic heterocycles. The molecule has 0 saturated carbocycles. The van der Waals surface area contributed by atoms with E-state index in [4.69, 9.17) is 4.74 Å². The third-order valence-corrected chi connectivity index (χ3v) is 2.95. The fourth-order valence-corrected chi connectivity index (χ4v) is 2.24. The molecule has 78 valence electrons. The molecule has 15 heavy (non-hydrogen) atoms. The predicted molar refractivity (Wildman–Crippen MR) is 52.4 cm³/mol. The van der Waals surface area contributed by atoms with Gasteiger partial charge in [0.1, 0.15) is 18.0 Å². The van der Waals surface area contributed by atoms with Crippen molar-refractivity contribution in [2.24, 2.45) is 0 Å². The summed E-state index contributed by atoms with van der Waals surface area (Å²) in [6.45, 7) is 0.474. The number of hydrogen-bond donors (Lipinski definition) is 0. The molecule has 1 aromatic carbocycles. The highest BCUT2D eigenvalue weighted by molar-refractivity contribution is 5.98. The fourth-order valence-electron chi connectivity index (χ4n) is 2.24. The minimum atomic E-state index is -0.382. The highest BCUT2D eigenvalue weighted by Crippen LogP contribution is 2.40. The second-order valence-corrected chi connectivity index (χ2v) is 3.85. The van der Waals surface area contributed by atoms with Crippen LogP contribution in [-0.2, 0) is 4.79 Å². The van der Waals surface area contributed by atoms with Gasteiger partial charge in [-0.25, -0.2) is 4.39 Å². The zero-order chi connectivity index (χ0) is 10.4. The van der Waals surface area contributed by atoms with Gasteiger partial charge in [0.25, 0.3) is 0 Å². The average molecular weight is 207 g/mol. The Morgan fingerprint density at radius 1 is 1.47 bits per heavy atom. The molecule has 2 aliphatic rings. The first-order valence-corrected chi connectivity index (χ1v) is 5.01. The maximum atomic E-state index is 13.6. The Balaban J connectivity index is 2.16. The number of rotatable bonds is 0. The molecule has 1 saturated heterocycles. The summed E-state index contributed by atoms with van der Waals surface area (Å²) in [4.78, 5) is 13.2. The van der Waals surface area contributed by atoms with E-state index in [-0.39, 0.29) is 17.8 Å². The predicted octanol–water partition coefficient (Wildman–Crippen LogP) is 1.71. The van der Waals surface area contributed by atoms with Crippen LogP contribution in [0.5, 0.6) is 5.75 Å². The standard InChI is InChI=1S/C11H10FNO2/c12-8-2-1-3-9-11(8)13-7(6-15-9)4-5-10(13)14/h1-3,7H,4-6H2. The van der Waals surface area contributed by atoms with Gasteiger partial charge in [0.05, 0.1) is 6.04 Å². The molecule has 0 aromatic heterocycles. The first kappa shape index (κ1) is 8.71. The van der Waals surface area contributed by atoms with Crippen molar-refractivity contribution in [1.29, 1.82) is 0 Å². The minimum Gasteiger partial charge on any atom is -0.489 e. The second kappa shape index (κ2) is 2.95. The summed E-state index contributed by atoms with van der Waals surface area (Å²) in [6.07, 6.45) is 1.24. The average Bonchev–Trinajstić information content (AvgIpc) is 2.61. The van der Waals surface area contributed by atoms with Crippen LogP contribution in [0.3, 0.4) is 0 Å². The molecule has 3 nitrogen and oxygen atoms in total. The van der Waals surface area contributed by atoms with Gasteiger partial charge in [-0.2, -0.15) is 0 Å². The summed E-state index contributed by atoms with van der Waals surface area (Å²) in [6, 6.07) is 4.66. The summed E-state index contributed by atoms with van der Waals surface area (Å²) >= 11 is 0. The van der Waals surface area contributed by atoms with E-state index in [1.165, 1.54) is 6.07 Å². The number of carbonyl (C=O) groups excluding carboxylic acids is 1. The van der Waals surface area contributed by atoms with Crippen molar-refractivity contribution in [3.63, 3.8) is 0 Å². The topological polar surface area (TPSA) is 29.5 Å². The lowest BCUT2D eigenvalue weighted by Crippen LogP contribution is -2.41. The van der Waals surface area contributed by atoms with Gasteiger partial charge in [0.15, 0.2) is 5.82 Å². The van der Waals surface area contributed by atoms with Gasteiger partial charge in [0.2, 0.25) is 5.91 Å². The zero-order valence-electron chi connectivity index (χ0n) is 8.07. The van der Waals surface area contributed by atoms with Crippen LogP contribution < -0.4 is 9.64 Å². The van der Waals surface area contributed by atoms with Crippen LogP contribution >= 0.6 is 0 Å². The largest absolute Gasteiger partial charge is 0.489 e. The zero-order valence-corrected chi connectivity index (χ0v) is 8.07. The Labute approximate surface area is 86.4 Å². The van der Waals surface area contributed by atoms with E-state index in [0.717, 1.165) is 6.42 Å². The lowest BCUT2D eigenvalue weighted by molar-refractivity contribution is -0.117. The van der Waals surface area contributed by atoms with Crippen molar-refractivity contribution in [1.82, 2.24) is 0 Å². The van der Waals surface area contributed by atoms with Crippen molar-refractivity contribution in [2.45, 2.75) is 18.9 Å². The number of amides is 1. The first-order chi connectivity index (χ1) is 7.27. The molecule has 4 heteroatoms. The number of hydrogen-bond acceptors (Lipinski definition) is 2. The molecule has 0 spiro atoms. The number of fused-ring (bicyclic) bond motifs is 3. The molecular weight excluding hydrogens is 197 g/mol. The Morgan fingerprint density at radius 3 is 3.20 bits per heavy atom. The van der Waals surface area contributed by atoms with Crippen LogP contribution in [-0.4, -0.2) is 18.6 Å². The number of para-hydroxylation sites is 1. The molecule has 1 amide bonds. The number of carbonyl (C=O) groups is 1. The van der Waals surface area contributed by atoms with E-state index in [2.05, 4.69) is 0 Å². The highest BCUT2D eigenvalue weighted by atomic mass is 19.1. The van der Waals surface area contributed by atoms with E-state index in [9.17, 15) is 9.18 Å². The summed E-state index contributed by atoms with van der Waals surface area (Å²) in [5.41, 5.74) is 0.316. The van der Waals surface area contributed by atoms with E-state index < -0.39 is 0 Å². The van der Waals surface area contributed by atoms with Crippen molar-refractivity contribution >= 4 is 11.6 Å². The van der Waals surface area contributed by atoms with Gasteiger partial charge in [0, 0.05) is 6.42 Å². The Hall–Kier alpha value is -1.58. The molecule has 0 N–H and O–H groups in total. The van der Waals surface area contributed by atoms with E-state index in [1.54, 1.807) is 17.0 Å². The Kier molecular flexibility index (Phi) is 1.71. The maximum Gasteiger partial charge on any atom is 0.227 e. The van der Waals surface area contributed by atoms with Crippen LogP contribution in [0.2, 0.25) is 0 Å². The van der Waals surface area contributed by atoms with Crippen LogP contribution in [0.25, 0.3) is 0 Å². The third-order valence-electron chi connectivity index (χ3n) is 2.95. The van der Waals surface area contributed by atoms with E-state index in [1.807, 2.05) is 0 Å². The molecule has 0 radical (unpaired) electrons. The number of benzene rings is 1. The van der Waals surface area contributed by atoms with E-state index >= 15 is 0 Å². The molecule has 0 aliphatic carbocycles. The van der Waals surface area contributed by atoms with Crippen LogP contribution in [0, 0.1) is 5.82 Å². The van der Waals surface area contributed by atoms with Crippen molar-refractivity contribution < 1.29 is 13.9 Å². The van der Waals surface area contributed by atoms with Gasteiger partial charge in [-0.15, -0.1) is 0 Å². The fraction of sp³-hybridized carbons (Fsp3) is 0.364. The SMILES string of the molecule is O=C1CCC2COc3cccc(F)c3N12. The quantitative estimate of drug-likeness (QED) is 0.648. The Bertz CT molecular complexity index is 433. The molecule has 2 heterocycles. The summed E-state index contributed by atoms with van der Waals surface area (Å²) in [7, 11) is 0. The van der Waals surface area contributed by atoms with Gasteiger partial charge in [-0.1, -0.05) is 6.07 Å². The summed E-state index contributed by atoms with van der Waals surface area (Å²) in [5, 5.41) is 0. The first-order valence-electron chi connectivity index (χ1n) is 5.01. The van der Waals surface area contributed by atoms with Crippen LogP contribution in [0.4, 0.5) is 10.1 Å². The van der Waals surface area contributed by atoms with Crippen molar-refractivity contribution in [2.75, 3.05) is 11.5 Å². The number of anilines is 1. The van der Waals surface area contributed by atoms with Crippen LogP contribution in [0.1, 0.15) is 12.8 Å². The van der Waals surface area contributed by atoms with Crippen LogP contribution in [0.15, 0.2) is 18.2 Å². The van der Waals surface area contributed by atoms with E-state index in [0.29, 0.717) is 24.5 Å². The third kappa shape index (κ3) is 1.14.